The molecule has 1 rings (SSSR count). The minimum Gasteiger partial charge on any atom is -0.492 e. The second-order valence-corrected chi connectivity index (χ2v) is 4.43. The van der Waals surface area contributed by atoms with E-state index in [1.807, 2.05) is 39.2 Å². The van der Waals surface area contributed by atoms with E-state index in [4.69, 9.17) is 22.7 Å². The van der Waals surface area contributed by atoms with Gasteiger partial charge in [-0.25, -0.2) is 0 Å². The van der Waals surface area contributed by atoms with Crippen molar-refractivity contribution in [3.63, 3.8) is 0 Å². The summed E-state index contributed by atoms with van der Waals surface area (Å²) in [6.45, 7) is 3.56. The summed E-state index contributed by atoms with van der Waals surface area (Å²) in [5, 5.41) is 0. The molecule has 0 aliphatic heterocycles. The highest BCUT2D eigenvalue weighted by atomic mass is 32.1. The van der Waals surface area contributed by atoms with Crippen molar-refractivity contribution in [3.05, 3.63) is 29.3 Å². The molecule has 0 bridgehead atoms. The van der Waals surface area contributed by atoms with Gasteiger partial charge in [-0.1, -0.05) is 12.2 Å². The Morgan fingerprint density at radius 2 is 2.12 bits per heavy atom. The van der Waals surface area contributed by atoms with E-state index < -0.39 is 0 Å². The lowest BCUT2D eigenvalue weighted by Gasteiger charge is -2.12. The van der Waals surface area contributed by atoms with Gasteiger partial charge in [-0.15, -0.1) is 0 Å². The first-order valence-corrected chi connectivity index (χ1v) is 5.59. The zero-order chi connectivity index (χ0) is 12.1. The molecule has 0 aliphatic carbocycles. The van der Waals surface area contributed by atoms with Gasteiger partial charge in [-0.3, -0.25) is 0 Å². The Kier molecular flexibility index (Phi) is 4.71. The van der Waals surface area contributed by atoms with Crippen molar-refractivity contribution in [2.24, 2.45) is 5.73 Å². The average Bonchev–Trinajstić information content (AvgIpc) is 2.16. The molecule has 2 N–H and O–H groups in total. The molecule has 0 saturated carbocycles. The lowest BCUT2D eigenvalue weighted by molar-refractivity contribution is 0.261. The molecule has 16 heavy (non-hydrogen) atoms. The van der Waals surface area contributed by atoms with E-state index in [0.29, 0.717) is 11.6 Å². The van der Waals surface area contributed by atoms with Gasteiger partial charge in [0.25, 0.3) is 0 Å². The summed E-state index contributed by atoms with van der Waals surface area (Å²) >= 11 is 4.94. The highest BCUT2D eigenvalue weighted by Crippen LogP contribution is 2.17. The fraction of sp³-hybridized carbons (Fsp3) is 0.417. The number of rotatable bonds is 5. The van der Waals surface area contributed by atoms with Crippen LogP contribution in [0.2, 0.25) is 0 Å². The van der Waals surface area contributed by atoms with E-state index in [1.165, 1.54) is 0 Å². The molecule has 4 heteroatoms. The number of nitrogens with two attached hydrogens (primary N) is 1. The van der Waals surface area contributed by atoms with Crippen LogP contribution in [0.5, 0.6) is 5.75 Å². The minimum absolute atomic E-state index is 0.428. The molecule has 1 aromatic rings. The molecule has 3 nitrogen and oxygen atoms in total. The highest BCUT2D eigenvalue weighted by molar-refractivity contribution is 7.80. The molecule has 0 spiro atoms. The number of benzene rings is 1. The molecule has 1 aromatic carbocycles. The van der Waals surface area contributed by atoms with Crippen LogP contribution in [0.15, 0.2) is 18.2 Å². The normalized spacial score (nSPS) is 10.5. The first-order valence-electron chi connectivity index (χ1n) is 5.18. The molecule has 0 heterocycles. The summed E-state index contributed by atoms with van der Waals surface area (Å²) in [5.74, 6) is 0.861. The van der Waals surface area contributed by atoms with Crippen molar-refractivity contribution in [1.82, 2.24) is 4.90 Å². The second kappa shape index (κ2) is 5.82. The van der Waals surface area contributed by atoms with Crippen molar-refractivity contribution in [1.29, 1.82) is 0 Å². The predicted octanol–water partition coefficient (Wildman–Crippen LogP) is 1.57. The summed E-state index contributed by atoms with van der Waals surface area (Å²) in [6, 6.07) is 5.77. The molecule has 0 amide bonds. The van der Waals surface area contributed by atoms with E-state index in [-0.39, 0.29) is 0 Å². The van der Waals surface area contributed by atoms with Gasteiger partial charge in [0.15, 0.2) is 0 Å². The van der Waals surface area contributed by atoms with Gasteiger partial charge in [-0.05, 0) is 44.8 Å². The Morgan fingerprint density at radius 3 is 2.62 bits per heavy atom. The monoisotopic (exact) mass is 238 g/mol. The van der Waals surface area contributed by atoms with Crippen LogP contribution in [0.4, 0.5) is 0 Å². The van der Waals surface area contributed by atoms with Crippen LogP contribution >= 0.6 is 12.2 Å². The summed E-state index contributed by atoms with van der Waals surface area (Å²) in [5.41, 5.74) is 7.55. The summed E-state index contributed by atoms with van der Waals surface area (Å²) in [4.78, 5) is 2.51. The topological polar surface area (TPSA) is 38.5 Å². The maximum Gasteiger partial charge on any atom is 0.119 e. The minimum atomic E-state index is 0.428. The van der Waals surface area contributed by atoms with Crippen LogP contribution < -0.4 is 10.5 Å². The number of ether oxygens (including phenoxy) is 1. The number of hydrogen-bond acceptors (Lipinski definition) is 3. The van der Waals surface area contributed by atoms with Gasteiger partial charge in [0.05, 0.1) is 0 Å². The van der Waals surface area contributed by atoms with Crippen LogP contribution in [0.25, 0.3) is 0 Å². The van der Waals surface area contributed by atoms with Crippen molar-refractivity contribution in [2.45, 2.75) is 6.92 Å². The van der Waals surface area contributed by atoms with Gasteiger partial charge >= 0.3 is 0 Å². The molecule has 0 fully saturated rings. The van der Waals surface area contributed by atoms with Gasteiger partial charge in [0.1, 0.15) is 17.3 Å². The maximum atomic E-state index is 5.61. The summed E-state index contributed by atoms with van der Waals surface area (Å²) in [6.07, 6.45) is 0. The number of hydrogen-bond donors (Lipinski definition) is 1. The van der Waals surface area contributed by atoms with Crippen LogP contribution in [-0.4, -0.2) is 37.1 Å². The smallest absolute Gasteiger partial charge is 0.119 e. The lowest BCUT2D eigenvalue weighted by Crippen LogP contribution is -2.19. The molecular weight excluding hydrogens is 220 g/mol. The molecule has 0 aromatic heterocycles. The van der Waals surface area contributed by atoms with E-state index in [0.717, 1.165) is 23.4 Å². The zero-order valence-corrected chi connectivity index (χ0v) is 10.8. The van der Waals surface area contributed by atoms with Crippen molar-refractivity contribution >= 4 is 17.2 Å². The SMILES string of the molecule is Cc1cc(OCCN(C)C)ccc1C(N)=S. The second-order valence-electron chi connectivity index (χ2n) is 3.99. The Hall–Kier alpha value is -1.13. The molecule has 0 atom stereocenters. The van der Waals surface area contributed by atoms with Crippen LogP contribution in [-0.2, 0) is 0 Å². The number of aryl methyl sites for hydroxylation is 1. The third-order valence-corrected chi connectivity index (χ3v) is 2.49. The number of nitrogens with zero attached hydrogens (tertiary/aromatic N) is 1. The van der Waals surface area contributed by atoms with Gasteiger partial charge in [0.2, 0.25) is 0 Å². The summed E-state index contributed by atoms with van der Waals surface area (Å²) < 4.78 is 5.61. The first kappa shape index (κ1) is 12.9. The predicted molar refractivity (Wildman–Crippen MR) is 71.1 cm³/mol. The Balaban J connectivity index is 2.63. The van der Waals surface area contributed by atoms with Crippen molar-refractivity contribution in [2.75, 3.05) is 27.2 Å². The average molecular weight is 238 g/mol. The quantitative estimate of drug-likeness (QED) is 0.790. The van der Waals surface area contributed by atoms with Crippen LogP contribution in [0.1, 0.15) is 11.1 Å². The number of likely N-dealkylation sites (N-methyl/N-ethyl adjacent to an activating group) is 1. The summed E-state index contributed by atoms with van der Waals surface area (Å²) in [7, 11) is 4.04. The van der Waals surface area contributed by atoms with Gasteiger partial charge in [-0.2, -0.15) is 0 Å². The highest BCUT2D eigenvalue weighted by Gasteiger charge is 2.03. The Bertz CT molecular complexity index is 377. The fourth-order valence-electron chi connectivity index (χ4n) is 1.35. The van der Waals surface area contributed by atoms with E-state index in [9.17, 15) is 0 Å². The van der Waals surface area contributed by atoms with Crippen molar-refractivity contribution < 1.29 is 4.74 Å². The standard InChI is InChI=1S/C12H18N2OS/c1-9-8-10(15-7-6-14(2)3)4-5-11(9)12(13)16/h4-5,8H,6-7H2,1-3H3,(H2,13,16). The lowest BCUT2D eigenvalue weighted by atomic mass is 10.1. The molecule has 88 valence electrons. The third-order valence-electron chi connectivity index (χ3n) is 2.27. The third kappa shape index (κ3) is 3.79. The molecule has 0 aliphatic rings. The molecule has 0 saturated heterocycles. The van der Waals surface area contributed by atoms with Gasteiger partial charge in [0, 0.05) is 12.1 Å². The number of thiocarbonyl (C=S) groups is 1. The van der Waals surface area contributed by atoms with Gasteiger partial charge < -0.3 is 15.4 Å². The molecule has 0 radical (unpaired) electrons. The molecule has 0 unspecified atom stereocenters. The maximum absolute atomic E-state index is 5.61. The van der Waals surface area contributed by atoms with Crippen LogP contribution in [0, 0.1) is 6.92 Å². The Labute approximate surface area is 102 Å². The largest absolute Gasteiger partial charge is 0.492 e. The van der Waals surface area contributed by atoms with E-state index in [1.54, 1.807) is 0 Å². The van der Waals surface area contributed by atoms with Crippen LogP contribution in [0.3, 0.4) is 0 Å². The van der Waals surface area contributed by atoms with Crippen molar-refractivity contribution in [3.8, 4) is 5.75 Å². The first-order chi connectivity index (χ1) is 7.50. The van der Waals surface area contributed by atoms with E-state index in [2.05, 4.69) is 4.90 Å². The van der Waals surface area contributed by atoms with E-state index >= 15 is 0 Å². The Morgan fingerprint density at radius 1 is 1.44 bits per heavy atom. The fourth-order valence-corrected chi connectivity index (χ4v) is 1.58. The zero-order valence-electron chi connectivity index (χ0n) is 9.99. The molecular formula is C12H18N2OS.